The van der Waals surface area contributed by atoms with E-state index in [-0.39, 0.29) is 30.5 Å². The number of hydrogen-bond acceptors (Lipinski definition) is 6. The third kappa shape index (κ3) is 3.34. The second kappa shape index (κ2) is 7.31. The van der Waals surface area contributed by atoms with Gasteiger partial charge in [0, 0.05) is 17.4 Å². The molecule has 2 bridgehead atoms. The van der Waals surface area contributed by atoms with Crippen molar-refractivity contribution in [1.82, 2.24) is 5.32 Å². The summed E-state index contributed by atoms with van der Waals surface area (Å²) in [7, 11) is -2.00. The fourth-order valence-electron chi connectivity index (χ4n) is 4.42. The molecule has 2 aliphatic rings. The number of para-hydroxylation sites is 1. The Bertz CT molecular complexity index is 1050. The summed E-state index contributed by atoms with van der Waals surface area (Å²) in [4.78, 5) is 13.0. The Labute approximate surface area is 167 Å². The number of furan rings is 1. The highest BCUT2D eigenvalue weighted by Gasteiger charge is 2.48. The number of nitrogens with one attached hydrogen (secondary N) is 1. The lowest BCUT2D eigenvalue weighted by Crippen LogP contribution is -2.45. The van der Waals surface area contributed by atoms with E-state index in [4.69, 9.17) is 13.8 Å². The molecule has 0 saturated carbocycles. The van der Waals surface area contributed by atoms with Crippen molar-refractivity contribution >= 4 is 24.2 Å². The fraction of sp³-hybridized carbons (Fsp3) is 0.286. The zero-order valence-corrected chi connectivity index (χ0v) is 15.5. The van der Waals surface area contributed by atoms with Gasteiger partial charge in [-0.15, -0.1) is 0 Å². The zero-order chi connectivity index (χ0) is 20.0. The van der Waals surface area contributed by atoms with Gasteiger partial charge in [-0.3, -0.25) is 4.79 Å². The minimum Gasteiger partial charge on any atom is -0.464 e. The largest absolute Gasteiger partial charge is 0.635 e. The van der Waals surface area contributed by atoms with E-state index in [2.05, 4.69) is 5.32 Å². The van der Waals surface area contributed by atoms with Gasteiger partial charge in [0.1, 0.15) is 11.8 Å². The minimum absolute atomic E-state index is 0.0763. The van der Waals surface area contributed by atoms with Gasteiger partial charge < -0.3 is 29.2 Å². The van der Waals surface area contributed by atoms with Gasteiger partial charge in [-0.1, -0.05) is 42.5 Å². The molecule has 7 nitrogen and oxygen atoms in total. The Morgan fingerprint density at radius 2 is 1.93 bits per heavy atom. The van der Waals surface area contributed by atoms with E-state index in [0.717, 1.165) is 27.7 Å². The molecule has 8 heteroatoms. The molecule has 3 heterocycles. The Morgan fingerprint density at radius 1 is 1.17 bits per heavy atom. The standard InChI is InChI=1S/C21H20BNO6/c24-21(16-10-18-14-6-1-2-7-15(14)20(16)28-18)23-19(29-22(25)26)9-12-11-27-17-8-4-3-5-13(12)17/h1-8,11,16,18-20,25-26H,9-10H2,(H,23,24)/t16?,18-,19-,20-/m1/s1. The predicted molar refractivity (Wildman–Crippen MR) is 104 cm³/mol. The summed E-state index contributed by atoms with van der Waals surface area (Å²) in [5.74, 6) is -0.580. The van der Waals surface area contributed by atoms with Crippen LogP contribution in [0, 0.1) is 5.92 Å². The van der Waals surface area contributed by atoms with Gasteiger partial charge in [-0.05, 0) is 23.6 Å². The van der Waals surface area contributed by atoms with E-state index in [1.54, 1.807) is 6.26 Å². The SMILES string of the molecule is O=C(N[C@@H](Cc1coc2ccccc12)OB(O)O)C1C[C@H]2O[C@@H]1c1ccccc12. The van der Waals surface area contributed by atoms with Crippen LogP contribution in [0.4, 0.5) is 0 Å². The lowest BCUT2D eigenvalue weighted by molar-refractivity contribution is -0.129. The number of ether oxygens (including phenoxy) is 1. The van der Waals surface area contributed by atoms with Crippen LogP contribution >= 0.6 is 0 Å². The van der Waals surface area contributed by atoms with Crippen molar-refractivity contribution in [2.45, 2.75) is 31.3 Å². The molecule has 1 saturated heterocycles. The number of carbonyl (C=O) groups is 1. The zero-order valence-electron chi connectivity index (χ0n) is 15.5. The number of benzene rings is 2. The second-order valence-electron chi connectivity index (χ2n) is 7.44. The van der Waals surface area contributed by atoms with Crippen LogP contribution in [0.3, 0.4) is 0 Å². The molecule has 1 amide bonds. The summed E-state index contributed by atoms with van der Waals surface area (Å²) in [6, 6.07) is 15.4. The van der Waals surface area contributed by atoms with Gasteiger partial charge in [0.05, 0.1) is 24.4 Å². The summed E-state index contributed by atoms with van der Waals surface area (Å²) >= 11 is 0. The second-order valence-corrected chi connectivity index (χ2v) is 7.44. The molecule has 2 aromatic carbocycles. The maximum Gasteiger partial charge on any atom is 0.635 e. The molecule has 4 atom stereocenters. The van der Waals surface area contributed by atoms with E-state index in [9.17, 15) is 14.8 Å². The first-order chi connectivity index (χ1) is 14.1. The molecular weight excluding hydrogens is 373 g/mol. The van der Waals surface area contributed by atoms with Crippen molar-refractivity contribution in [3.8, 4) is 0 Å². The van der Waals surface area contributed by atoms with Crippen LogP contribution < -0.4 is 5.32 Å². The molecule has 148 valence electrons. The molecule has 1 fully saturated rings. The van der Waals surface area contributed by atoms with Crippen molar-refractivity contribution in [3.63, 3.8) is 0 Å². The van der Waals surface area contributed by atoms with Crippen LogP contribution in [0.5, 0.6) is 0 Å². The van der Waals surface area contributed by atoms with Gasteiger partial charge in [-0.25, -0.2) is 0 Å². The van der Waals surface area contributed by atoms with Crippen molar-refractivity contribution in [1.29, 1.82) is 0 Å². The van der Waals surface area contributed by atoms with E-state index >= 15 is 0 Å². The van der Waals surface area contributed by atoms with E-state index in [1.165, 1.54) is 0 Å². The van der Waals surface area contributed by atoms with Crippen molar-refractivity contribution in [2.24, 2.45) is 5.92 Å². The molecule has 3 aromatic rings. The van der Waals surface area contributed by atoms with Crippen molar-refractivity contribution < 1.29 is 28.7 Å². The first kappa shape index (κ1) is 18.4. The Morgan fingerprint density at radius 3 is 2.76 bits per heavy atom. The van der Waals surface area contributed by atoms with Gasteiger partial charge in [0.2, 0.25) is 5.91 Å². The molecule has 5 rings (SSSR count). The highest BCUT2D eigenvalue weighted by molar-refractivity contribution is 6.32. The number of amides is 1. The minimum atomic E-state index is -2.00. The van der Waals surface area contributed by atoms with E-state index < -0.39 is 13.5 Å². The smallest absolute Gasteiger partial charge is 0.464 e. The van der Waals surface area contributed by atoms with Gasteiger partial charge in [0.15, 0.2) is 0 Å². The predicted octanol–water partition coefficient (Wildman–Crippen LogP) is 2.24. The first-order valence-corrected chi connectivity index (χ1v) is 9.61. The summed E-state index contributed by atoms with van der Waals surface area (Å²) in [6.07, 6.45) is 1.14. The Hall–Kier alpha value is -2.65. The van der Waals surface area contributed by atoms with Crippen LogP contribution in [-0.4, -0.2) is 29.5 Å². The maximum atomic E-state index is 13.0. The molecule has 1 aromatic heterocycles. The summed E-state index contributed by atoms with van der Waals surface area (Å²) in [5.41, 5.74) is 3.71. The molecule has 1 unspecified atom stereocenters. The van der Waals surface area contributed by atoms with E-state index in [1.807, 2.05) is 48.5 Å². The Kier molecular flexibility index (Phi) is 4.64. The van der Waals surface area contributed by atoms with Crippen molar-refractivity contribution in [2.75, 3.05) is 0 Å². The fourth-order valence-corrected chi connectivity index (χ4v) is 4.42. The third-order valence-corrected chi connectivity index (χ3v) is 5.69. The normalized spacial score (nSPS) is 23.2. The average molecular weight is 393 g/mol. The van der Waals surface area contributed by atoms with Crippen LogP contribution in [0.15, 0.2) is 59.2 Å². The number of rotatable bonds is 6. The van der Waals surface area contributed by atoms with Crippen LogP contribution in [0.25, 0.3) is 11.0 Å². The lowest BCUT2D eigenvalue weighted by Gasteiger charge is -2.24. The lowest BCUT2D eigenvalue weighted by atomic mass is 9.83. The maximum absolute atomic E-state index is 13.0. The molecule has 0 spiro atoms. The van der Waals surface area contributed by atoms with Crippen molar-refractivity contribution in [3.05, 3.63) is 71.5 Å². The number of hydrogen-bond donors (Lipinski definition) is 3. The third-order valence-electron chi connectivity index (χ3n) is 5.69. The average Bonchev–Trinajstić information content (AvgIpc) is 3.41. The summed E-state index contributed by atoms with van der Waals surface area (Å²) in [5, 5.41) is 22.3. The van der Waals surface area contributed by atoms with Gasteiger partial charge >= 0.3 is 7.32 Å². The van der Waals surface area contributed by atoms with Crippen LogP contribution in [0.2, 0.25) is 0 Å². The van der Waals surface area contributed by atoms with Gasteiger partial charge in [0.25, 0.3) is 0 Å². The topological polar surface area (TPSA) is 101 Å². The monoisotopic (exact) mass is 393 g/mol. The Balaban J connectivity index is 1.33. The number of fused-ring (bicyclic) bond motifs is 6. The van der Waals surface area contributed by atoms with E-state index in [0.29, 0.717) is 6.42 Å². The molecule has 3 N–H and O–H groups in total. The van der Waals surface area contributed by atoms with Gasteiger partial charge in [-0.2, -0.15) is 0 Å². The summed E-state index contributed by atoms with van der Waals surface area (Å²) in [6.45, 7) is 0. The molecule has 0 radical (unpaired) electrons. The quantitative estimate of drug-likeness (QED) is 0.439. The highest BCUT2D eigenvalue weighted by atomic mass is 16.6. The van der Waals surface area contributed by atoms with Crippen LogP contribution in [-0.2, 0) is 20.6 Å². The van der Waals surface area contributed by atoms with Crippen LogP contribution in [0.1, 0.15) is 35.3 Å². The first-order valence-electron chi connectivity index (χ1n) is 9.61. The molecule has 2 aliphatic heterocycles. The highest BCUT2D eigenvalue weighted by Crippen LogP contribution is 2.53. The molecule has 29 heavy (non-hydrogen) atoms. The molecular formula is C21H20BNO6. The summed E-state index contributed by atoms with van der Waals surface area (Å²) < 4.78 is 16.7. The molecule has 0 aliphatic carbocycles. The number of carbonyl (C=O) groups excluding carboxylic acids is 1.